The van der Waals surface area contributed by atoms with Gasteiger partial charge in [0.2, 0.25) is 5.91 Å². The molecule has 0 aliphatic carbocycles. The molecule has 2 N–H and O–H groups in total. The summed E-state index contributed by atoms with van der Waals surface area (Å²) in [5.74, 6) is 0.143. The van der Waals surface area contributed by atoms with Crippen LogP contribution in [-0.4, -0.2) is 23.1 Å². The minimum absolute atomic E-state index is 0.0649. The molecule has 0 saturated carbocycles. The molecule has 112 valence electrons. The molecule has 21 heavy (non-hydrogen) atoms. The third-order valence-electron chi connectivity index (χ3n) is 4.56. The average Bonchev–Trinajstić information content (AvgIpc) is 2.65. The second-order valence-corrected chi connectivity index (χ2v) is 5.87. The van der Waals surface area contributed by atoms with Crippen LogP contribution in [0.3, 0.4) is 0 Å². The Balaban J connectivity index is 1.80. The van der Waals surface area contributed by atoms with E-state index in [0.29, 0.717) is 0 Å². The molecule has 1 amide bonds. The lowest BCUT2D eigenvalue weighted by Crippen LogP contribution is -2.42. The van der Waals surface area contributed by atoms with E-state index in [2.05, 4.69) is 53.4 Å². The molecule has 0 radical (unpaired) electrons. The van der Waals surface area contributed by atoms with Gasteiger partial charge in [0.05, 0.1) is 6.04 Å². The smallest absolute Gasteiger partial charge is 0.237 e. The lowest BCUT2D eigenvalue weighted by Gasteiger charge is -2.16. The summed E-state index contributed by atoms with van der Waals surface area (Å²) in [4.78, 5) is 12.0. The maximum absolute atomic E-state index is 12.0. The molecule has 3 rings (SSSR count). The number of aromatic nitrogens is 1. The van der Waals surface area contributed by atoms with Gasteiger partial charge in [-0.1, -0.05) is 18.2 Å². The first-order valence-electron chi connectivity index (χ1n) is 7.72. The zero-order valence-corrected chi connectivity index (χ0v) is 12.8. The van der Waals surface area contributed by atoms with Crippen LogP contribution in [-0.2, 0) is 18.4 Å². The molecule has 1 aromatic heterocycles. The number of para-hydroxylation sites is 1. The number of hydrogen-bond acceptors (Lipinski definition) is 2. The van der Waals surface area contributed by atoms with Crippen molar-refractivity contribution in [3.05, 3.63) is 35.5 Å². The first-order chi connectivity index (χ1) is 10.2. The van der Waals surface area contributed by atoms with Gasteiger partial charge in [-0.2, -0.15) is 0 Å². The monoisotopic (exact) mass is 285 g/mol. The van der Waals surface area contributed by atoms with Crippen molar-refractivity contribution in [3.8, 4) is 0 Å². The third-order valence-corrected chi connectivity index (χ3v) is 4.56. The molecule has 0 spiro atoms. The average molecular weight is 285 g/mol. The molecule has 1 saturated heterocycles. The maximum atomic E-state index is 12.0. The fourth-order valence-corrected chi connectivity index (χ4v) is 3.24. The topological polar surface area (TPSA) is 46.1 Å². The summed E-state index contributed by atoms with van der Waals surface area (Å²) in [6, 6.07) is 8.38. The summed E-state index contributed by atoms with van der Waals surface area (Å²) >= 11 is 0. The van der Waals surface area contributed by atoms with E-state index in [1.165, 1.54) is 22.2 Å². The van der Waals surface area contributed by atoms with Crippen LogP contribution in [0.5, 0.6) is 0 Å². The van der Waals surface area contributed by atoms with Crippen LogP contribution in [0.4, 0.5) is 0 Å². The number of fused-ring (bicyclic) bond motifs is 1. The van der Waals surface area contributed by atoms with Crippen LogP contribution in [0.1, 0.15) is 30.5 Å². The molecule has 1 unspecified atom stereocenters. The van der Waals surface area contributed by atoms with Gasteiger partial charge in [0.15, 0.2) is 0 Å². The van der Waals surface area contributed by atoms with Crippen LogP contribution < -0.4 is 10.6 Å². The first kappa shape index (κ1) is 14.1. The predicted octanol–water partition coefficient (Wildman–Crippen LogP) is 2.25. The molecule has 1 aromatic carbocycles. The van der Waals surface area contributed by atoms with Gasteiger partial charge in [-0.3, -0.25) is 4.79 Å². The number of nitrogens with one attached hydrogen (secondary N) is 2. The molecule has 1 aliphatic rings. The fraction of sp³-hybridized carbons (Fsp3) is 0.471. The molecule has 2 aromatic rings. The largest absolute Gasteiger partial charge is 0.355 e. The SMILES string of the molecule is Cc1c(CNC2CCCCNC2=O)n(C)c2ccccc12. The van der Waals surface area contributed by atoms with Crippen LogP contribution in [0.2, 0.25) is 0 Å². The highest BCUT2D eigenvalue weighted by Gasteiger charge is 2.21. The minimum Gasteiger partial charge on any atom is -0.355 e. The Labute approximate surface area is 125 Å². The summed E-state index contributed by atoms with van der Waals surface area (Å²) in [7, 11) is 2.10. The van der Waals surface area contributed by atoms with E-state index < -0.39 is 0 Å². The zero-order chi connectivity index (χ0) is 14.8. The Morgan fingerprint density at radius 3 is 2.95 bits per heavy atom. The number of rotatable bonds is 3. The van der Waals surface area contributed by atoms with Gasteiger partial charge in [0.1, 0.15) is 0 Å². The normalized spacial score (nSPS) is 19.5. The summed E-state index contributed by atoms with van der Waals surface area (Å²) in [6.45, 7) is 3.70. The fourth-order valence-electron chi connectivity index (χ4n) is 3.24. The Kier molecular flexibility index (Phi) is 3.97. The van der Waals surface area contributed by atoms with Gasteiger partial charge in [-0.25, -0.2) is 0 Å². The standard InChI is InChI=1S/C17H23N3O/c1-12-13-7-3-4-9-15(13)20(2)16(12)11-19-14-8-5-6-10-18-17(14)21/h3-4,7,9,14,19H,5-6,8,10-11H2,1-2H3,(H,18,21). The van der Waals surface area contributed by atoms with Gasteiger partial charge in [-0.05, 0) is 37.8 Å². The number of amides is 1. The van der Waals surface area contributed by atoms with E-state index in [0.717, 1.165) is 32.4 Å². The maximum Gasteiger partial charge on any atom is 0.237 e. The lowest BCUT2D eigenvalue weighted by molar-refractivity contribution is -0.122. The van der Waals surface area contributed by atoms with Gasteiger partial charge in [0, 0.05) is 36.7 Å². The number of carbonyl (C=O) groups is 1. The Hall–Kier alpha value is -1.81. The van der Waals surface area contributed by atoms with E-state index in [1.807, 2.05) is 0 Å². The molecule has 4 heteroatoms. The number of benzene rings is 1. The third kappa shape index (κ3) is 2.68. The van der Waals surface area contributed by atoms with Crippen LogP contribution in [0.15, 0.2) is 24.3 Å². The van der Waals surface area contributed by atoms with Crippen LogP contribution in [0, 0.1) is 6.92 Å². The molecular weight excluding hydrogens is 262 g/mol. The van der Waals surface area contributed by atoms with Crippen molar-refractivity contribution >= 4 is 16.8 Å². The van der Waals surface area contributed by atoms with Crippen molar-refractivity contribution in [1.82, 2.24) is 15.2 Å². The molecule has 1 atom stereocenters. The van der Waals surface area contributed by atoms with Crippen molar-refractivity contribution in [2.45, 2.75) is 38.8 Å². The van der Waals surface area contributed by atoms with E-state index >= 15 is 0 Å². The van der Waals surface area contributed by atoms with E-state index in [1.54, 1.807) is 0 Å². The van der Waals surface area contributed by atoms with E-state index in [4.69, 9.17) is 0 Å². The zero-order valence-electron chi connectivity index (χ0n) is 12.8. The van der Waals surface area contributed by atoms with Crippen LogP contribution >= 0.6 is 0 Å². The summed E-state index contributed by atoms with van der Waals surface area (Å²) in [5, 5.41) is 7.71. The Morgan fingerprint density at radius 2 is 2.14 bits per heavy atom. The Bertz CT molecular complexity index is 620. The highest BCUT2D eigenvalue weighted by atomic mass is 16.2. The number of carbonyl (C=O) groups excluding carboxylic acids is 1. The second kappa shape index (κ2) is 5.90. The van der Waals surface area contributed by atoms with Crippen molar-refractivity contribution < 1.29 is 4.79 Å². The van der Waals surface area contributed by atoms with Crippen LogP contribution in [0.25, 0.3) is 10.9 Å². The van der Waals surface area contributed by atoms with E-state index in [-0.39, 0.29) is 11.9 Å². The van der Waals surface area contributed by atoms with Crippen molar-refractivity contribution in [2.24, 2.45) is 7.05 Å². The van der Waals surface area contributed by atoms with Gasteiger partial charge >= 0.3 is 0 Å². The number of nitrogens with zero attached hydrogens (tertiary/aromatic N) is 1. The number of hydrogen-bond donors (Lipinski definition) is 2. The predicted molar refractivity (Wildman–Crippen MR) is 85.1 cm³/mol. The first-order valence-corrected chi connectivity index (χ1v) is 7.72. The molecule has 1 aliphatic heterocycles. The van der Waals surface area contributed by atoms with Crippen molar-refractivity contribution in [1.29, 1.82) is 0 Å². The second-order valence-electron chi connectivity index (χ2n) is 5.87. The summed E-state index contributed by atoms with van der Waals surface area (Å²) in [5.41, 5.74) is 3.81. The van der Waals surface area contributed by atoms with Crippen molar-refractivity contribution in [2.75, 3.05) is 6.54 Å². The quantitative estimate of drug-likeness (QED) is 0.908. The number of aryl methyl sites for hydroxylation is 2. The molecular formula is C17H23N3O. The molecule has 2 heterocycles. The molecule has 1 fully saturated rings. The van der Waals surface area contributed by atoms with Gasteiger partial charge in [-0.15, -0.1) is 0 Å². The van der Waals surface area contributed by atoms with Crippen molar-refractivity contribution in [3.63, 3.8) is 0 Å². The van der Waals surface area contributed by atoms with Gasteiger partial charge < -0.3 is 15.2 Å². The highest BCUT2D eigenvalue weighted by Crippen LogP contribution is 2.24. The molecule has 4 nitrogen and oxygen atoms in total. The van der Waals surface area contributed by atoms with E-state index in [9.17, 15) is 4.79 Å². The summed E-state index contributed by atoms with van der Waals surface area (Å²) < 4.78 is 2.23. The molecule has 0 bridgehead atoms. The van der Waals surface area contributed by atoms with Gasteiger partial charge in [0.25, 0.3) is 0 Å². The minimum atomic E-state index is -0.0649. The highest BCUT2D eigenvalue weighted by molar-refractivity contribution is 5.85. The summed E-state index contributed by atoms with van der Waals surface area (Å²) in [6.07, 6.45) is 3.11. The lowest BCUT2D eigenvalue weighted by atomic mass is 10.1. The Morgan fingerprint density at radius 1 is 1.33 bits per heavy atom.